The molecule has 2 aromatic carbocycles. The van der Waals surface area contributed by atoms with Crippen molar-refractivity contribution in [1.29, 1.82) is 0 Å². The van der Waals surface area contributed by atoms with Crippen molar-refractivity contribution in [2.24, 2.45) is 0 Å². The van der Waals surface area contributed by atoms with Gasteiger partial charge in [-0.15, -0.1) is 0 Å². The standard InChI is InChI=1S/2C6H6O.H4O7P2.H3O4P/c2*7-6-4-2-1-3-5-6;1-8(2,3)7-9(4,5)6;1-5(2,3)4/h2*1-5,7H;(H2,1,2,3)(H2,4,5,6);(H3,1,2,3,4). The summed E-state index contributed by atoms with van der Waals surface area (Å²) in [5, 5.41) is 17.3. The van der Waals surface area contributed by atoms with Crippen molar-refractivity contribution in [2.75, 3.05) is 0 Å². The summed E-state index contributed by atoms with van der Waals surface area (Å²) in [6, 6.07) is 17.4. The second-order valence-electron chi connectivity index (χ2n) is 4.25. The molecular weight excluding hydrogens is 445 g/mol. The summed E-state index contributed by atoms with van der Waals surface area (Å²) < 4.78 is 31.1. The van der Waals surface area contributed by atoms with Gasteiger partial charge in [0.05, 0.1) is 0 Å². The van der Waals surface area contributed by atoms with E-state index in [1.807, 2.05) is 12.1 Å². The number of phenolic OH excluding ortho intramolecular Hbond substituents is 2. The molecular formula is C12H19O13P3. The maximum absolute atomic E-state index is 9.63. The highest BCUT2D eigenvalue weighted by Crippen LogP contribution is 2.53. The van der Waals surface area contributed by atoms with Gasteiger partial charge in [-0.3, -0.25) is 0 Å². The van der Waals surface area contributed by atoms with Crippen LogP contribution < -0.4 is 0 Å². The van der Waals surface area contributed by atoms with Crippen molar-refractivity contribution in [2.45, 2.75) is 0 Å². The van der Waals surface area contributed by atoms with Gasteiger partial charge < -0.3 is 44.5 Å². The monoisotopic (exact) mass is 464 g/mol. The van der Waals surface area contributed by atoms with Crippen molar-refractivity contribution in [3.8, 4) is 11.5 Å². The zero-order valence-corrected chi connectivity index (χ0v) is 16.5. The highest BCUT2D eigenvalue weighted by molar-refractivity contribution is 7.60. The van der Waals surface area contributed by atoms with Crippen LogP contribution in [0, 0.1) is 0 Å². The first-order valence-corrected chi connectivity index (χ1v) is 11.2. The Labute approximate surface area is 158 Å². The zero-order chi connectivity index (χ0) is 22.4. The lowest BCUT2D eigenvalue weighted by Crippen LogP contribution is -1.84. The van der Waals surface area contributed by atoms with E-state index in [1.165, 1.54) is 0 Å². The third-order valence-electron chi connectivity index (χ3n) is 1.73. The van der Waals surface area contributed by atoms with Gasteiger partial charge in [0.25, 0.3) is 0 Å². The molecule has 28 heavy (non-hydrogen) atoms. The van der Waals surface area contributed by atoms with Crippen molar-refractivity contribution in [1.82, 2.24) is 0 Å². The normalized spacial score (nSPS) is 10.8. The number of phenols is 2. The highest BCUT2D eigenvalue weighted by Gasteiger charge is 2.27. The third kappa shape index (κ3) is 32.1. The lowest BCUT2D eigenvalue weighted by atomic mass is 10.3. The first kappa shape index (κ1) is 28.6. The lowest BCUT2D eigenvalue weighted by Gasteiger charge is -2.03. The van der Waals surface area contributed by atoms with E-state index in [-0.39, 0.29) is 0 Å². The molecule has 0 saturated carbocycles. The minimum Gasteiger partial charge on any atom is -0.508 e. The smallest absolute Gasteiger partial charge is 0.478 e. The van der Waals surface area contributed by atoms with Gasteiger partial charge in [-0.25, -0.2) is 13.7 Å². The summed E-state index contributed by atoms with van der Waals surface area (Å²) >= 11 is 0. The maximum Gasteiger partial charge on any atom is 0.478 e. The van der Waals surface area contributed by atoms with E-state index in [0.717, 1.165) is 0 Å². The summed E-state index contributed by atoms with van der Waals surface area (Å²) in [6.45, 7) is 0. The number of phosphoric acid groups is 3. The Kier molecular flexibility index (Phi) is 13.9. The van der Waals surface area contributed by atoms with Crippen LogP contribution in [0.4, 0.5) is 0 Å². The third-order valence-corrected chi connectivity index (χ3v) is 3.43. The summed E-state index contributed by atoms with van der Waals surface area (Å²) in [4.78, 5) is 52.6. The minimum atomic E-state index is -5.05. The molecule has 0 heterocycles. The Hall–Kier alpha value is -1.59. The van der Waals surface area contributed by atoms with Crippen LogP contribution in [0.3, 0.4) is 0 Å². The van der Waals surface area contributed by atoms with Gasteiger partial charge in [0.2, 0.25) is 0 Å². The second-order valence-corrected chi connectivity index (χ2v) is 7.89. The molecule has 2 aromatic rings. The summed E-state index contributed by atoms with van der Waals surface area (Å²) in [6.07, 6.45) is 0. The molecule has 0 bridgehead atoms. The molecule has 0 radical (unpaired) electrons. The number of benzene rings is 2. The molecule has 2 rings (SSSR count). The van der Waals surface area contributed by atoms with Gasteiger partial charge in [0.1, 0.15) is 11.5 Å². The molecule has 0 aliphatic heterocycles. The van der Waals surface area contributed by atoms with Crippen molar-refractivity contribution in [3.63, 3.8) is 0 Å². The van der Waals surface area contributed by atoms with Crippen LogP contribution in [0.25, 0.3) is 0 Å². The van der Waals surface area contributed by atoms with Gasteiger partial charge in [0, 0.05) is 0 Å². The number of aromatic hydroxyl groups is 2. The molecule has 9 N–H and O–H groups in total. The van der Waals surface area contributed by atoms with Crippen LogP contribution in [0.2, 0.25) is 0 Å². The quantitative estimate of drug-likeness (QED) is 0.283. The van der Waals surface area contributed by atoms with Crippen molar-refractivity contribution >= 4 is 23.5 Å². The summed E-state index contributed by atoms with van der Waals surface area (Å²) in [5.74, 6) is 0.644. The van der Waals surface area contributed by atoms with E-state index in [2.05, 4.69) is 4.31 Å². The SMILES string of the molecule is O=P(O)(O)O.O=P(O)(O)OP(=O)(O)O.Oc1ccccc1.Oc1ccccc1. The molecule has 160 valence electrons. The van der Waals surface area contributed by atoms with Crippen LogP contribution >= 0.6 is 23.5 Å². The molecule has 0 amide bonds. The lowest BCUT2D eigenvalue weighted by molar-refractivity contribution is 0.225. The highest BCUT2D eigenvalue weighted by atomic mass is 31.3. The minimum absolute atomic E-state index is 0.322. The molecule has 0 saturated heterocycles. The Morgan fingerprint density at radius 1 is 0.536 bits per heavy atom. The number of hydrogen-bond acceptors (Lipinski definition) is 6. The van der Waals surface area contributed by atoms with Crippen LogP contribution in [0.15, 0.2) is 60.7 Å². The number of hydrogen-bond donors (Lipinski definition) is 9. The van der Waals surface area contributed by atoms with Gasteiger partial charge in [-0.05, 0) is 24.3 Å². The predicted molar refractivity (Wildman–Crippen MR) is 95.6 cm³/mol. The average Bonchev–Trinajstić information content (AvgIpc) is 2.44. The zero-order valence-electron chi connectivity index (χ0n) is 13.8. The Bertz CT molecular complexity index is 715. The van der Waals surface area contributed by atoms with E-state index < -0.39 is 23.5 Å². The van der Waals surface area contributed by atoms with Gasteiger partial charge in [-0.1, -0.05) is 36.4 Å². The number of rotatable bonds is 2. The maximum atomic E-state index is 9.63. The van der Waals surface area contributed by atoms with Crippen LogP contribution in [0.1, 0.15) is 0 Å². The fourth-order valence-corrected chi connectivity index (χ4v) is 2.10. The molecule has 0 spiro atoms. The first-order chi connectivity index (χ1) is 12.5. The molecule has 13 nitrogen and oxygen atoms in total. The Morgan fingerprint density at radius 2 is 0.750 bits per heavy atom. The second kappa shape index (κ2) is 13.6. The average molecular weight is 464 g/mol. The van der Waals surface area contributed by atoms with Crippen LogP contribution in [0.5, 0.6) is 11.5 Å². The topological polar surface area (TPSA) is 243 Å². The van der Waals surface area contributed by atoms with E-state index in [9.17, 15) is 9.13 Å². The molecule has 0 unspecified atom stereocenters. The fraction of sp³-hybridized carbons (Fsp3) is 0. The van der Waals surface area contributed by atoms with Crippen molar-refractivity contribution < 1.29 is 62.5 Å². The van der Waals surface area contributed by atoms with E-state index >= 15 is 0 Å². The van der Waals surface area contributed by atoms with Gasteiger partial charge in [0.15, 0.2) is 0 Å². The van der Waals surface area contributed by atoms with Crippen LogP contribution in [-0.2, 0) is 18.0 Å². The first-order valence-electron chi connectivity index (χ1n) is 6.58. The molecule has 0 aliphatic rings. The molecule has 0 atom stereocenters. The van der Waals surface area contributed by atoms with E-state index in [1.54, 1.807) is 48.5 Å². The number of para-hydroxylation sites is 2. The fourth-order valence-electron chi connectivity index (χ4n) is 0.995. The molecule has 0 aromatic heterocycles. The molecule has 0 aliphatic carbocycles. The van der Waals surface area contributed by atoms with E-state index in [4.69, 9.17) is 49.0 Å². The van der Waals surface area contributed by atoms with Crippen molar-refractivity contribution in [3.05, 3.63) is 60.7 Å². The molecule has 16 heteroatoms. The largest absolute Gasteiger partial charge is 0.508 e. The Morgan fingerprint density at radius 3 is 0.821 bits per heavy atom. The Balaban J connectivity index is 0. The van der Waals surface area contributed by atoms with Gasteiger partial charge in [-0.2, -0.15) is 4.31 Å². The van der Waals surface area contributed by atoms with E-state index in [0.29, 0.717) is 11.5 Å². The summed E-state index contributed by atoms with van der Waals surface area (Å²) in [7, 11) is -14.7. The predicted octanol–water partition coefficient (Wildman–Crippen LogP) is 1.04. The summed E-state index contributed by atoms with van der Waals surface area (Å²) in [5.41, 5.74) is 0. The van der Waals surface area contributed by atoms with Gasteiger partial charge >= 0.3 is 23.5 Å². The molecule has 0 fully saturated rings. The van der Waals surface area contributed by atoms with Crippen LogP contribution in [-0.4, -0.2) is 44.5 Å².